The molecule has 2 rings (SSSR count). The van der Waals surface area contributed by atoms with Gasteiger partial charge < -0.3 is 15.0 Å². The highest BCUT2D eigenvalue weighted by atomic mass is 19.4. The Morgan fingerprint density at radius 3 is 2.67 bits per heavy atom. The maximum absolute atomic E-state index is 12.8. The summed E-state index contributed by atoms with van der Waals surface area (Å²) in [6, 6.07) is 4.06. The molecule has 0 saturated heterocycles. The molecule has 0 spiro atoms. The summed E-state index contributed by atoms with van der Waals surface area (Å²) in [6.07, 6.45) is -4.24. The fourth-order valence-corrected chi connectivity index (χ4v) is 2.33. The molecule has 8 heteroatoms. The van der Waals surface area contributed by atoms with Gasteiger partial charge in [-0.05, 0) is 32.0 Å². The van der Waals surface area contributed by atoms with E-state index in [2.05, 4.69) is 11.4 Å². The molecule has 1 radical (unpaired) electrons. The van der Waals surface area contributed by atoms with E-state index in [4.69, 9.17) is 4.74 Å². The van der Waals surface area contributed by atoms with Crippen LogP contribution in [0.3, 0.4) is 0 Å². The fourth-order valence-electron chi connectivity index (χ4n) is 2.33. The van der Waals surface area contributed by atoms with Crippen molar-refractivity contribution in [3.63, 3.8) is 0 Å². The lowest BCUT2D eigenvalue weighted by Gasteiger charge is -2.39. The number of alkyl halides is 3. The molecule has 5 nitrogen and oxygen atoms in total. The van der Waals surface area contributed by atoms with Gasteiger partial charge in [-0.15, -0.1) is 0 Å². The first-order valence-corrected chi connectivity index (χ1v) is 7.47. The molecule has 131 valence electrons. The van der Waals surface area contributed by atoms with Crippen LogP contribution in [-0.4, -0.2) is 30.5 Å². The number of halogens is 3. The van der Waals surface area contributed by atoms with Crippen LogP contribution in [-0.2, 0) is 15.8 Å². The standard InChI is InChI=1S/C16H18F3N2O3/c1-4-13(22)20-7-8-21-11-6-5-10(16(17,18)19)9-12(11)24-15(2,3)14(21)23/h6,9H,4,7-8H2,1-3H3,(H,20,22). The highest BCUT2D eigenvalue weighted by Crippen LogP contribution is 2.41. The Bertz CT molecular complexity index is 656. The molecule has 1 aromatic carbocycles. The predicted molar refractivity (Wildman–Crippen MR) is 80.6 cm³/mol. The predicted octanol–water partition coefficient (Wildman–Crippen LogP) is 2.54. The Balaban J connectivity index is 2.31. The van der Waals surface area contributed by atoms with Gasteiger partial charge in [-0.1, -0.05) is 6.92 Å². The summed E-state index contributed by atoms with van der Waals surface area (Å²) in [6.45, 7) is 4.99. The Morgan fingerprint density at radius 1 is 1.42 bits per heavy atom. The van der Waals surface area contributed by atoms with Crippen LogP contribution in [0.2, 0.25) is 0 Å². The molecule has 2 amide bonds. The number of benzene rings is 1. The molecule has 1 N–H and O–H groups in total. The zero-order valence-corrected chi connectivity index (χ0v) is 13.6. The van der Waals surface area contributed by atoms with E-state index in [-0.39, 0.29) is 30.4 Å². The van der Waals surface area contributed by atoms with Gasteiger partial charge in [0.05, 0.1) is 11.3 Å². The Morgan fingerprint density at radius 2 is 2.08 bits per heavy atom. The Kier molecular flexibility index (Phi) is 4.77. The van der Waals surface area contributed by atoms with E-state index in [1.54, 1.807) is 6.92 Å². The first-order valence-electron chi connectivity index (χ1n) is 7.47. The lowest BCUT2D eigenvalue weighted by atomic mass is 10.0. The highest BCUT2D eigenvalue weighted by molar-refractivity contribution is 6.02. The number of nitrogens with one attached hydrogen (secondary N) is 1. The van der Waals surface area contributed by atoms with Crippen LogP contribution in [0.25, 0.3) is 0 Å². The van der Waals surface area contributed by atoms with Crippen molar-refractivity contribution in [1.29, 1.82) is 0 Å². The zero-order valence-electron chi connectivity index (χ0n) is 13.6. The average Bonchev–Trinajstić information content (AvgIpc) is 2.49. The summed E-state index contributed by atoms with van der Waals surface area (Å²) in [5.41, 5.74) is -2.06. The molecule has 1 aliphatic rings. The van der Waals surface area contributed by atoms with Crippen LogP contribution in [0, 0.1) is 6.07 Å². The van der Waals surface area contributed by atoms with Gasteiger partial charge in [0.1, 0.15) is 5.75 Å². The third-order valence-corrected chi connectivity index (χ3v) is 3.59. The Labute approximate surface area is 137 Å². The third kappa shape index (κ3) is 3.63. The van der Waals surface area contributed by atoms with Gasteiger partial charge >= 0.3 is 6.18 Å². The van der Waals surface area contributed by atoms with Crippen molar-refractivity contribution in [3.8, 4) is 5.75 Å². The highest BCUT2D eigenvalue weighted by Gasteiger charge is 2.42. The smallest absolute Gasteiger partial charge is 0.417 e. The lowest BCUT2D eigenvalue weighted by Crippen LogP contribution is -2.54. The second-order valence-corrected chi connectivity index (χ2v) is 5.87. The minimum absolute atomic E-state index is 0.0347. The first-order chi connectivity index (χ1) is 11.1. The molecule has 1 heterocycles. The summed E-state index contributed by atoms with van der Waals surface area (Å²) in [5, 5.41) is 2.63. The lowest BCUT2D eigenvalue weighted by molar-refractivity contribution is -0.138. The summed E-state index contributed by atoms with van der Waals surface area (Å²) in [5.74, 6) is -0.601. The van der Waals surface area contributed by atoms with Gasteiger partial charge in [0.2, 0.25) is 5.91 Å². The maximum atomic E-state index is 12.8. The minimum atomic E-state index is -4.55. The fraction of sp³-hybridized carbons (Fsp3) is 0.500. The van der Waals surface area contributed by atoms with Crippen molar-refractivity contribution in [1.82, 2.24) is 5.32 Å². The van der Waals surface area contributed by atoms with Crippen LogP contribution in [0.4, 0.5) is 18.9 Å². The summed E-state index contributed by atoms with van der Waals surface area (Å²) in [4.78, 5) is 25.1. The van der Waals surface area contributed by atoms with E-state index in [0.29, 0.717) is 6.42 Å². The summed E-state index contributed by atoms with van der Waals surface area (Å²) >= 11 is 0. The normalized spacial score (nSPS) is 16.4. The van der Waals surface area contributed by atoms with Crippen molar-refractivity contribution in [2.75, 3.05) is 18.0 Å². The quantitative estimate of drug-likeness (QED) is 0.914. The number of carbonyl (C=O) groups excluding carboxylic acids is 2. The summed E-state index contributed by atoms with van der Waals surface area (Å²) in [7, 11) is 0. The largest absolute Gasteiger partial charge is 0.476 e. The molecular weight excluding hydrogens is 325 g/mol. The number of ether oxygens (including phenoxy) is 1. The van der Waals surface area contributed by atoms with Gasteiger partial charge in [0.15, 0.2) is 5.60 Å². The van der Waals surface area contributed by atoms with Gasteiger partial charge in [0, 0.05) is 19.5 Å². The summed E-state index contributed by atoms with van der Waals surface area (Å²) < 4.78 is 44.0. The molecule has 1 aliphatic heterocycles. The molecule has 0 atom stereocenters. The van der Waals surface area contributed by atoms with E-state index in [0.717, 1.165) is 12.1 Å². The number of rotatable bonds is 4. The van der Waals surface area contributed by atoms with E-state index in [9.17, 15) is 22.8 Å². The van der Waals surface area contributed by atoms with Crippen LogP contribution in [0.15, 0.2) is 12.1 Å². The minimum Gasteiger partial charge on any atom is -0.476 e. The van der Waals surface area contributed by atoms with Crippen molar-refractivity contribution >= 4 is 17.5 Å². The second kappa shape index (κ2) is 6.33. The van der Waals surface area contributed by atoms with Crippen LogP contribution < -0.4 is 15.0 Å². The molecular formula is C16H18F3N2O3. The van der Waals surface area contributed by atoms with E-state index in [1.165, 1.54) is 18.7 Å². The molecule has 1 aromatic rings. The van der Waals surface area contributed by atoms with E-state index >= 15 is 0 Å². The second-order valence-electron chi connectivity index (χ2n) is 5.87. The number of anilines is 1. The molecule has 24 heavy (non-hydrogen) atoms. The van der Waals surface area contributed by atoms with Crippen molar-refractivity contribution in [3.05, 3.63) is 23.8 Å². The number of hydrogen-bond acceptors (Lipinski definition) is 3. The number of amides is 2. The van der Waals surface area contributed by atoms with Crippen molar-refractivity contribution in [2.45, 2.75) is 39.0 Å². The molecule has 0 aliphatic carbocycles. The van der Waals surface area contributed by atoms with Crippen molar-refractivity contribution < 1.29 is 27.5 Å². The third-order valence-electron chi connectivity index (χ3n) is 3.59. The van der Waals surface area contributed by atoms with Crippen LogP contribution >= 0.6 is 0 Å². The molecule has 0 aromatic heterocycles. The number of hydrogen-bond donors (Lipinski definition) is 1. The first kappa shape index (κ1) is 18.1. The topological polar surface area (TPSA) is 58.6 Å². The average molecular weight is 343 g/mol. The van der Waals surface area contributed by atoms with Gasteiger partial charge in [-0.3, -0.25) is 9.59 Å². The van der Waals surface area contributed by atoms with Gasteiger partial charge in [-0.2, -0.15) is 13.2 Å². The van der Waals surface area contributed by atoms with Crippen LogP contribution in [0.1, 0.15) is 32.8 Å². The molecule has 0 saturated carbocycles. The van der Waals surface area contributed by atoms with E-state index < -0.39 is 23.2 Å². The van der Waals surface area contributed by atoms with Gasteiger partial charge in [-0.25, -0.2) is 0 Å². The molecule has 0 fully saturated rings. The number of carbonyl (C=O) groups is 2. The van der Waals surface area contributed by atoms with Gasteiger partial charge in [0.25, 0.3) is 5.91 Å². The molecule has 0 bridgehead atoms. The monoisotopic (exact) mass is 343 g/mol. The van der Waals surface area contributed by atoms with Crippen molar-refractivity contribution in [2.24, 2.45) is 0 Å². The van der Waals surface area contributed by atoms with E-state index in [1.807, 2.05) is 0 Å². The SMILES string of the molecule is CCC(=O)NCCN1C(=O)C(C)(C)Oc2cc(C(F)(F)F)[c]cc21. The van der Waals surface area contributed by atoms with Crippen LogP contribution in [0.5, 0.6) is 5.75 Å². The number of nitrogens with zero attached hydrogens (tertiary/aromatic N) is 1. The number of fused-ring (bicyclic) bond motifs is 1. The maximum Gasteiger partial charge on any atom is 0.417 e. The molecule has 0 unspecified atom stereocenters. The zero-order chi connectivity index (χ0) is 18.1. The Hall–Kier alpha value is -2.25.